The minimum atomic E-state index is -0.415. The topological polar surface area (TPSA) is 41.6 Å². The molecule has 1 fully saturated rings. The molecule has 134 valence electrons. The molecule has 2 rings (SSSR count). The van der Waals surface area contributed by atoms with Crippen LogP contribution in [0.1, 0.15) is 45.1 Å². The molecule has 0 bridgehead atoms. The van der Waals surface area contributed by atoms with Gasteiger partial charge in [0.15, 0.2) is 6.10 Å². The third-order valence-electron chi connectivity index (χ3n) is 4.85. The summed E-state index contributed by atoms with van der Waals surface area (Å²) in [7, 11) is 0. The number of benzene rings is 1. The van der Waals surface area contributed by atoms with E-state index in [1.165, 1.54) is 25.9 Å². The van der Waals surface area contributed by atoms with Gasteiger partial charge in [0.2, 0.25) is 0 Å². The Balaban J connectivity index is 1.69. The highest BCUT2D eigenvalue weighted by molar-refractivity contribution is 5.81. The summed E-state index contributed by atoms with van der Waals surface area (Å²) < 4.78 is 5.89. The molecule has 1 atom stereocenters. The van der Waals surface area contributed by atoms with Gasteiger partial charge in [-0.15, -0.1) is 0 Å². The number of para-hydroxylation sites is 1. The molecule has 0 saturated carbocycles. The van der Waals surface area contributed by atoms with E-state index in [0.717, 1.165) is 36.7 Å². The number of likely N-dealkylation sites (tertiary alicyclic amines) is 1. The van der Waals surface area contributed by atoms with Gasteiger partial charge in [-0.1, -0.05) is 32.0 Å². The van der Waals surface area contributed by atoms with Gasteiger partial charge in [-0.3, -0.25) is 4.79 Å². The highest BCUT2D eigenvalue weighted by atomic mass is 16.5. The van der Waals surface area contributed by atoms with E-state index in [-0.39, 0.29) is 5.91 Å². The summed E-state index contributed by atoms with van der Waals surface area (Å²) in [6.07, 6.45) is 3.86. The summed E-state index contributed by atoms with van der Waals surface area (Å²) in [6, 6.07) is 7.83. The van der Waals surface area contributed by atoms with Crippen molar-refractivity contribution in [2.24, 2.45) is 5.92 Å². The van der Waals surface area contributed by atoms with Crippen molar-refractivity contribution in [1.29, 1.82) is 0 Å². The third-order valence-corrected chi connectivity index (χ3v) is 4.85. The van der Waals surface area contributed by atoms with Gasteiger partial charge in [0.05, 0.1) is 0 Å². The number of amides is 1. The standard InChI is InChI=1S/C20H32N2O2/c1-4-18(24-19-9-6-5-8-17(19)3)20(23)21-12-7-13-22-14-10-16(2)11-15-22/h5-6,8-9,16,18H,4,7,10-15H2,1-3H3,(H,21,23)/t18-/m1/s1. The Morgan fingerprint density at radius 1 is 1.33 bits per heavy atom. The Kier molecular flexibility index (Phi) is 7.57. The van der Waals surface area contributed by atoms with Crippen molar-refractivity contribution in [2.75, 3.05) is 26.2 Å². The summed E-state index contributed by atoms with van der Waals surface area (Å²) in [5.74, 6) is 1.65. The van der Waals surface area contributed by atoms with Crippen LogP contribution in [-0.2, 0) is 4.79 Å². The quantitative estimate of drug-likeness (QED) is 0.742. The number of hydrogen-bond donors (Lipinski definition) is 1. The number of hydrogen-bond acceptors (Lipinski definition) is 3. The molecule has 24 heavy (non-hydrogen) atoms. The molecular weight excluding hydrogens is 300 g/mol. The first kappa shape index (κ1) is 18.8. The molecule has 1 N–H and O–H groups in total. The highest BCUT2D eigenvalue weighted by Gasteiger charge is 2.19. The fourth-order valence-electron chi connectivity index (χ4n) is 3.08. The second kappa shape index (κ2) is 9.67. The smallest absolute Gasteiger partial charge is 0.261 e. The van der Waals surface area contributed by atoms with E-state index in [0.29, 0.717) is 6.42 Å². The first-order chi connectivity index (χ1) is 11.6. The van der Waals surface area contributed by atoms with Crippen LogP contribution >= 0.6 is 0 Å². The van der Waals surface area contributed by atoms with Crippen LogP contribution in [0.3, 0.4) is 0 Å². The fourth-order valence-corrected chi connectivity index (χ4v) is 3.08. The maximum absolute atomic E-state index is 12.3. The van der Waals surface area contributed by atoms with Crippen molar-refractivity contribution >= 4 is 5.91 Å². The molecule has 1 aromatic carbocycles. The lowest BCUT2D eigenvalue weighted by molar-refractivity contribution is -0.128. The van der Waals surface area contributed by atoms with Crippen LogP contribution in [0, 0.1) is 12.8 Å². The molecule has 0 aromatic heterocycles. The number of ether oxygens (including phenoxy) is 1. The van der Waals surface area contributed by atoms with E-state index in [1.807, 2.05) is 38.1 Å². The van der Waals surface area contributed by atoms with Gasteiger partial charge < -0.3 is 15.0 Å². The SMILES string of the molecule is CC[C@@H](Oc1ccccc1C)C(=O)NCCCN1CCC(C)CC1. The lowest BCUT2D eigenvalue weighted by Crippen LogP contribution is -2.40. The normalized spacial score (nSPS) is 17.5. The average Bonchev–Trinajstić information content (AvgIpc) is 2.59. The van der Waals surface area contributed by atoms with Crippen LogP contribution in [0.25, 0.3) is 0 Å². The number of carbonyl (C=O) groups is 1. The van der Waals surface area contributed by atoms with Gasteiger partial charge in [-0.05, 0) is 69.8 Å². The molecule has 0 spiro atoms. The van der Waals surface area contributed by atoms with E-state index in [2.05, 4.69) is 17.1 Å². The van der Waals surface area contributed by atoms with E-state index < -0.39 is 6.10 Å². The monoisotopic (exact) mass is 332 g/mol. The lowest BCUT2D eigenvalue weighted by atomic mass is 9.99. The Morgan fingerprint density at radius 3 is 2.71 bits per heavy atom. The van der Waals surface area contributed by atoms with Gasteiger partial charge in [0.1, 0.15) is 5.75 Å². The van der Waals surface area contributed by atoms with Crippen LogP contribution < -0.4 is 10.1 Å². The zero-order chi connectivity index (χ0) is 17.4. The number of piperidine rings is 1. The molecular formula is C20H32N2O2. The zero-order valence-corrected chi connectivity index (χ0v) is 15.4. The van der Waals surface area contributed by atoms with Gasteiger partial charge in [0, 0.05) is 6.54 Å². The van der Waals surface area contributed by atoms with E-state index in [1.54, 1.807) is 0 Å². The van der Waals surface area contributed by atoms with Crippen molar-refractivity contribution in [3.05, 3.63) is 29.8 Å². The minimum absolute atomic E-state index is 0.00646. The van der Waals surface area contributed by atoms with Crippen molar-refractivity contribution in [2.45, 2.75) is 52.6 Å². The summed E-state index contributed by atoms with van der Waals surface area (Å²) in [5, 5.41) is 3.03. The Hall–Kier alpha value is -1.55. The third kappa shape index (κ3) is 5.82. The number of rotatable bonds is 8. The summed E-state index contributed by atoms with van der Waals surface area (Å²) in [6.45, 7) is 10.5. The lowest BCUT2D eigenvalue weighted by Gasteiger charge is -2.30. The van der Waals surface area contributed by atoms with Gasteiger partial charge in [0.25, 0.3) is 5.91 Å². The molecule has 1 heterocycles. The maximum atomic E-state index is 12.3. The maximum Gasteiger partial charge on any atom is 0.261 e. The van der Waals surface area contributed by atoms with Crippen molar-refractivity contribution in [3.63, 3.8) is 0 Å². The summed E-state index contributed by atoms with van der Waals surface area (Å²) in [5.41, 5.74) is 1.06. The molecule has 1 aliphatic rings. The van der Waals surface area contributed by atoms with Crippen LogP contribution in [-0.4, -0.2) is 43.1 Å². The van der Waals surface area contributed by atoms with Crippen molar-refractivity contribution in [3.8, 4) is 5.75 Å². The van der Waals surface area contributed by atoms with Crippen LogP contribution in [0.15, 0.2) is 24.3 Å². The molecule has 1 saturated heterocycles. The molecule has 0 unspecified atom stereocenters. The second-order valence-corrected chi connectivity index (χ2v) is 6.95. The molecule has 1 amide bonds. The number of nitrogens with zero attached hydrogens (tertiary/aromatic N) is 1. The van der Waals surface area contributed by atoms with Crippen LogP contribution in [0.5, 0.6) is 5.75 Å². The van der Waals surface area contributed by atoms with Gasteiger partial charge in [-0.25, -0.2) is 0 Å². The average molecular weight is 332 g/mol. The van der Waals surface area contributed by atoms with Crippen LogP contribution in [0.2, 0.25) is 0 Å². The van der Waals surface area contributed by atoms with Crippen molar-refractivity contribution in [1.82, 2.24) is 10.2 Å². The molecule has 0 radical (unpaired) electrons. The number of nitrogens with one attached hydrogen (secondary N) is 1. The summed E-state index contributed by atoms with van der Waals surface area (Å²) in [4.78, 5) is 14.8. The molecule has 1 aromatic rings. The molecule has 4 nitrogen and oxygen atoms in total. The zero-order valence-electron chi connectivity index (χ0n) is 15.4. The first-order valence-corrected chi connectivity index (χ1v) is 9.32. The molecule has 4 heteroatoms. The minimum Gasteiger partial charge on any atom is -0.480 e. The molecule has 0 aliphatic carbocycles. The second-order valence-electron chi connectivity index (χ2n) is 6.95. The van der Waals surface area contributed by atoms with Gasteiger partial charge >= 0.3 is 0 Å². The number of aryl methyl sites for hydroxylation is 1. The number of carbonyl (C=O) groups excluding carboxylic acids is 1. The van der Waals surface area contributed by atoms with Crippen LogP contribution in [0.4, 0.5) is 0 Å². The van der Waals surface area contributed by atoms with Gasteiger partial charge in [-0.2, -0.15) is 0 Å². The predicted molar refractivity (Wildman–Crippen MR) is 98.4 cm³/mol. The predicted octanol–water partition coefficient (Wildman–Crippen LogP) is 3.39. The Bertz CT molecular complexity index is 510. The largest absolute Gasteiger partial charge is 0.480 e. The van der Waals surface area contributed by atoms with E-state index in [9.17, 15) is 4.79 Å². The fraction of sp³-hybridized carbons (Fsp3) is 0.650. The summed E-state index contributed by atoms with van der Waals surface area (Å²) >= 11 is 0. The Labute approximate surface area is 146 Å². The van der Waals surface area contributed by atoms with Crippen molar-refractivity contribution < 1.29 is 9.53 Å². The van der Waals surface area contributed by atoms with E-state index >= 15 is 0 Å². The van der Waals surface area contributed by atoms with E-state index in [4.69, 9.17) is 4.74 Å². The first-order valence-electron chi connectivity index (χ1n) is 9.32. The highest BCUT2D eigenvalue weighted by Crippen LogP contribution is 2.19. The Morgan fingerprint density at radius 2 is 2.04 bits per heavy atom. The molecule has 1 aliphatic heterocycles.